The van der Waals surface area contributed by atoms with Gasteiger partial charge in [0.2, 0.25) is 5.91 Å². The number of urea groups is 1. The minimum Gasteiger partial charge on any atom is -0.350 e. The summed E-state index contributed by atoms with van der Waals surface area (Å²) in [5.74, 6) is -0.703. The summed E-state index contributed by atoms with van der Waals surface area (Å²) in [6.07, 6.45) is 3.30. The number of benzene rings is 1. The molecule has 3 amide bonds. The second kappa shape index (κ2) is 7.08. The zero-order chi connectivity index (χ0) is 16.9. The Labute approximate surface area is 138 Å². The van der Waals surface area contributed by atoms with Gasteiger partial charge >= 0.3 is 6.03 Å². The number of carbonyl (C=O) groups excluding carboxylic acids is 2. The first-order valence-electron chi connectivity index (χ1n) is 7.62. The number of carbonyl (C=O) groups is 2. The molecule has 0 radical (unpaired) electrons. The molecule has 2 heterocycles. The Balaban J connectivity index is 1.56. The summed E-state index contributed by atoms with van der Waals surface area (Å²) in [6, 6.07) is 9.37. The number of pyridine rings is 1. The molecule has 1 aromatic heterocycles. The van der Waals surface area contributed by atoms with E-state index in [1.807, 2.05) is 0 Å². The summed E-state index contributed by atoms with van der Waals surface area (Å²) in [7, 11) is 0. The van der Waals surface area contributed by atoms with E-state index in [9.17, 15) is 14.0 Å². The van der Waals surface area contributed by atoms with E-state index >= 15 is 0 Å². The Morgan fingerprint density at radius 1 is 1.17 bits per heavy atom. The predicted octanol–water partition coefficient (Wildman–Crippen LogP) is 1.78. The van der Waals surface area contributed by atoms with Crippen LogP contribution in [0.5, 0.6) is 0 Å². The minimum atomic E-state index is -0.449. The molecular formula is C17H17FN4O2. The Morgan fingerprint density at radius 2 is 1.92 bits per heavy atom. The summed E-state index contributed by atoms with van der Waals surface area (Å²) in [5.41, 5.74) is 1.17. The standard InChI is InChI=1S/C17H17FN4O2/c18-14-3-1-2-4-15(14)22-10-9-21(17(22)24)12-16(23)20-11-13-5-7-19-8-6-13/h1-8H,9-12H2,(H,20,23). The fourth-order valence-corrected chi connectivity index (χ4v) is 2.55. The first-order chi connectivity index (χ1) is 11.6. The number of rotatable bonds is 5. The van der Waals surface area contributed by atoms with E-state index in [1.54, 1.807) is 42.7 Å². The highest BCUT2D eigenvalue weighted by Crippen LogP contribution is 2.23. The zero-order valence-corrected chi connectivity index (χ0v) is 13.0. The molecule has 1 aliphatic rings. The van der Waals surface area contributed by atoms with Gasteiger partial charge in [-0.05, 0) is 29.8 Å². The van der Waals surface area contributed by atoms with Crippen LogP contribution >= 0.6 is 0 Å². The van der Waals surface area contributed by atoms with Gasteiger partial charge in [-0.1, -0.05) is 12.1 Å². The number of halogens is 1. The van der Waals surface area contributed by atoms with Crippen molar-refractivity contribution in [1.29, 1.82) is 0 Å². The molecule has 0 saturated carbocycles. The van der Waals surface area contributed by atoms with Crippen LogP contribution < -0.4 is 10.2 Å². The highest BCUT2D eigenvalue weighted by molar-refractivity contribution is 5.96. The van der Waals surface area contributed by atoms with Gasteiger partial charge in [0.1, 0.15) is 12.4 Å². The van der Waals surface area contributed by atoms with Crippen LogP contribution in [0.25, 0.3) is 0 Å². The van der Waals surface area contributed by atoms with E-state index in [-0.39, 0.29) is 24.2 Å². The lowest BCUT2D eigenvalue weighted by atomic mass is 10.3. The number of hydrogen-bond donors (Lipinski definition) is 1. The van der Waals surface area contributed by atoms with E-state index in [1.165, 1.54) is 15.9 Å². The SMILES string of the molecule is O=C(CN1CCN(c2ccccc2F)C1=O)NCc1ccncc1. The van der Waals surface area contributed by atoms with E-state index in [2.05, 4.69) is 10.3 Å². The van der Waals surface area contributed by atoms with Crippen molar-refractivity contribution in [3.05, 3.63) is 60.2 Å². The second-order valence-corrected chi connectivity index (χ2v) is 5.44. The zero-order valence-electron chi connectivity index (χ0n) is 13.0. The molecule has 0 spiro atoms. The second-order valence-electron chi connectivity index (χ2n) is 5.44. The van der Waals surface area contributed by atoms with Crippen molar-refractivity contribution in [2.45, 2.75) is 6.54 Å². The number of nitrogens with one attached hydrogen (secondary N) is 1. The fraction of sp³-hybridized carbons (Fsp3) is 0.235. The molecular weight excluding hydrogens is 311 g/mol. The smallest absolute Gasteiger partial charge is 0.325 e. The summed E-state index contributed by atoms with van der Waals surface area (Å²) in [5, 5.41) is 2.76. The molecule has 1 N–H and O–H groups in total. The van der Waals surface area contributed by atoms with Crippen LogP contribution in [0.4, 0.5) is 14.9 Å². The molecule has 2 aromatic rings. The van der Waals surface area contributed by atoms with Crippen molar-refractivity contribution in [2.75, 3.05) is 24.5 Å². The van der Waals surface area contributed by atoms with Crippen molar-refractivity contribution < 1.29 is 14.0 Å². The number of para-hydroxylation sites is 1. The van der Waals surface area contributed by atoms with Gasteiger partial charge in [0, 0.05) is 32.0 Å². The lowest BCUT2D eigenvalue weighted by molar-refractivity contribution is -0.121. The van der Waals surface area contributed by atoms with Crippen molar-refractivity contribution in [2.24, 2.45) is 0 Å². The average molecular weight is 328 g/mol. The lowest BCUT2D eigenvalue weighted by Crippen LogP contribution is -2.39. The largest absolute Gasteiger partial charge is 0.350 e. The Kier molecular flexibility index (Phi) is 4.69. The minimum absolute atomic E-state index is 0.0468. The van der Waals surface area contributed by atoms with E-state index in [0.29, 0.717) is 19.6 Å². The monoisotopic (exact) mass is 328 g/mol. The molecule has 3 rings (SSSR count). The molecule has 1 aliphatic heterocycles. The predicted molar refractivity (Wildman–Crippen MR) is 86.8 cm³/mol. The first kappa shape index (κ1) is 15.9. The third-order valence-corrected chi connectivity index (χ3v) is 3.81. The number of anilines is 1. The maximum absolute atomic E-state index is 13.8. The third kappa shape index (κ3) is 3.51. The van der Waals surface area contributed by atoms with Gasteiger partial charge < -0.3 is 10.2 Å². The number of hydrogen-bond acceptors (Lipinski definition) is 3. The third-order valence-electron chi connectivity index (χ3n) is 3.81. The fourth-order valence-electron chi connectivity index (χ4n) is 2.55. The molecule has 1 aromatic carbocycles. The van der Waals surface area contributed by atoms with E-state index in [4.69, 9.17) is 0 Å². The molecule has 0 atom stereocenters. The van der Waals surface area contributed by atoms with Crippen molar-refractivity contribution in [1.82, 2.24) is 15.2 Å². The van der Waals surface area contributed by atoms with E-state index in [0.717, 1.165) is 5.56 Å². The van der Waals surface area contributed by atoms with Crippen LogP contribution in [0.3, 0.4) is 0 Å². The molecule has 0 aliphatic carbocycles. The number of nitrogens with zero attached hydrogens (tertiary/aromatic N) is 3. The van der Waals surface area contributed by atoms with Crippen LogP contribution in [0, 0.1) is 5.82 Å². The normalized spacial score (nSPS) is 14.1. The highest BCUT2D eigenvalue weighted by Gasteiger charge is 2.31. The van der Waals surface area contributed by atoms with Crippen molar-refractivity contribution in [3.63, 3.8) is 0 Å². The van der Waals surface area contributed by atoms with Gasteiger partial charge in [0.25, 0.3) is 0 Å². The van der Waals surface area contributed by atoms with Gasteiger partial charge in [-0.25, -0.2) is 9.18 Å². The Hall–Kier alpha value is -2.96. The maximum Gasteiger partial charge on any atom is 0.325 e. The van der Waals surface area contributed by atoms with E-state index < -0.39 is 5.82 Å². The molecule has 0 unspecified atom stereocenters. The first-order valence-corrected chi connectivity index (χ1v) is 7.62. The summed E-state index contributed by atoms with van der Waals surface area (Å²) < 4.78 is 13.8. The Bertz CT molecular complexity index is 738. The van der Waals surface area contributed by atoms with Crippen LogP contribution in [-0.2, 0) is 11.3 Å². The van der Waals surface area contributed by atoms with Crippen molar-refractivity contribution >= 4 is 17.6 Å². The molecule has 1 fully saturated rings. The average Bonchev–Trinajstić information content (AvgIpc) is 2.95. The molecule has 24 heavy (non-hydrogen) atoms. The van der Waals surface area contributed by atoms with Gasteiger partial charge in [0.15, 0.2) is 0 Å². The number of aromatic nitrogens is 1. The van der Waals surface area contributed by atoms with Crippen molar-refractivity contribution in [3.8, 4) is 0 Å². The molecule has 7 heteroatoms. The molecule has 1 saturated heterocycles. The highest BCUT2D eigenvalue weighted by atomic mass is 19.1. The lowest BCUT2D eigenvalue weighted by Gasteiger charge is -2.18. The van der Waals surface area contributed by atoms with Crippen LogP contribution in [0.2, 0.25) is 0 Å². The van der Waals surface area contributed by atoms with Gasteiger partial charge in [-0.3, -0.25) is 14.7 Å². The summed E-state index contributed by atoms with van der Waals surface area (Å²) in [6.45, 7) is 1.07. The maximum atomic E-state index is 13.8. The molecule has 6 nitrogen and oxygen atoms in total. The summed E-state index contributed by atoms with van der Waals surface area (Å²) in [4.78, 5) is 31.1. The Morgan fingerprint density at radius 3 is 2.67 bits per heavy atom. The van der Waals surface area contributed by atoms with Crippen LogP contribution in [0.1, 0.15) is 5.56 Å². The number of amides is 3. The summed E-state index contributed by atoms with van der Waals surface area (Å²) >= 11 is 0. The van der Waals surface area contributed by atoms with Crippen LogP contribution in [0.15, 0.2) is 48.8 Å². The van der Waals surface area contributed by atoms with Gasteiger partial charge in [0.05, 0.1) is 5.69 Å². The van der Waals surface area contributed by atoms with Gasteiger partial charge in [-0.15, -0.1) is 0 Å². The van der Waals surface area contributed by atoms with Gasteiger partial charge in [-0.2, -0.15) is 0 Å². The van der Waals surface area contributed by atoms with Crippen LogP contribution in [-0.4, -0.2) is 41.5 Å². The topological polar surface area (TPSA) is 65.5 Å². The molecule has 0 bridgehead atoms. The molecule has 124 valence electrons. The quantitative estimate of drug-likeness (QED) is 0.910.